The third kappa shape index (κ3) is 196. The maximum absolute atomic E-state index is 8.56. The van der Waals surface area contributed by atoms with Crippen molar-refractivity contribution in [2.75, 3.05) is 0 Å². The van der Waals surface area contributed by atoms with Crippen LogP contribution in [0, 0.1) is 0 Å². The first kappa shape index (κ1) is 22.7. The SMILES string of the molecule is [Al+3].[Ga+3].[O-][As]([O-])[O-].[O-][As]([O-])[O-]. The van der Waals surface area contributed by atoms with E-state index in [2.05, 4.69) is 0 Å². The van der Waals surface area contributed by atoms with E-state index in [0.29, 0.717) is 0 Å². The quantitative estimate of drug-likeness (QED) is 0.401. The van der Waals surface area contributed by atoms with Crippen molar-refractivity contribution in [1.82, 2.24) is 0 Å². The zero-order chi connectivity index (χ0) is 7.15. The predicted molar refractivity (Wildman–Crippen MR) is 23.0 cm³/mol. The average molecular weight is 343 g/mol. The van der Waals surface area contributed by atoms with Crippen molar-refractivity contribution >= 4 is 68.5 Å². The minimum absolute atomic E-state index is 0. The van der Waals surface area contributed by atoms with Gasteiger partial charge < -0.3 is 0 Å². The van der Waals surface area contributed by atoms with E-state index in [0.717, 1.165) is 0 Å². The second-order valence-electron chi connectivity index (χ2n) is 0.447. The van der Waals surface area contributed by atoms with Gasteiger partial charge in [-0.1, -0.05) is 0 Å². The predicted octanol–water partition coefficient (Wildman–Crippen LogP) is -8.66. The zero-order valence-electron chi connectivity index (χ0n) is 4.50. The van der Waals surface area contributed by atoms with Gasteiger partial charge in [0.2, 0.25) is 0 Å². The summed E-state index contributed by atoms with van der Waals surface area (Å²) in [7, 11) is 0. The Kier molecular flexibility index (Phi) is 39.1. The van der Waals surface area contributed by atoms with Crippen molar-refractivity contribution < 1.29 is 24.6 Å². The normalized spacial score (nSPS) is 7.20. The van der Waals surface area contributed by atoms with Crippen LogP contribution in [0.15, 0.2) is 0 Å². The number of rotatable bonds is 0. The van der Waals surface area contributed by atoms with E-state index in [-0.39, 0.29) is 37.2 Å². The topological polar surface area (TPSA) is 138 Å². The Labute approximate surface area is 92.3 Å². The second kappa shape index (κ2) is 17.2. The van der Waals surface area contributed by atoms with Gasteiger partial charge in [-0.2, -0.15) is 0 Å². The first-order valence-corrected chi connectivity index (χ1v) is 5.69. The molecule has 0 rings (SSSR count). The van der Waals surface area contributed by atoms with Gasteiger partial charge in [0.15, 0.2) is 0 Å². The Bertz CT molecular complexity index is 31.2. The van der Waals surface area contributed by atoms with Crippen LogP contribution in [0.3, 0.4) is 0 Å². The maximum atomic E-state index is 8.56. The Morgan fingerprint density at radius 3 is 0.600 bits per heavy atom. The fourth-order valence-corrected chi connectivity index (χ4v) is 0. The van der Waals surface area contributed by atoms with Crippen LogP contribution in [0.2, 0.25) is 0 Å². The summed E-state index contributed by atoms with van der Waals surface area (Å²) in [5, 5.41) is 0. The van der Waals surface area contributed by atoms with Crippen molar-refractivity contribution in [3.8, 4) is 0 Å². The number of hydrogen-bond donors (Lipinski definition) is 0. The molecule has 0 atom stereocenters. The van der Waals surface area contributed by atoms with Crippen LogP contribution in [0.1, 0.15) is 0 Å². The molecule has 10 heteroatoms. The molecule has 0 fully saturated rings. The number of hydrogen-bond acceptors (Lipinski definition) is 6. The fourth-order valence-electron chi connectivity index (χ4n) is 0. The van der Waals surface area contributed by atoms with Crippen LogP contribution >= 0.6 is 0 Å². The summed E-state index contributed by atoms with van der Waals surface area (Å²) in [4.78, 5) is 0. The van der Waals surface area contributed by atoms with E-state index in [4.69, 9.17) is 24.6 Å². The molecule has 0 aromatic rings. The van der Waals surface area contributed by atoms with Gasteiger partial charge in [0.05, 0.1) is 0 Å². The summed E-state index contributed by atoms with van der Waals surface area (Å²) in [6.07, 6.45) is 0. The fraction of sp³-hybridized carbons (Fsp3) is 0. The molecule has 0 aromatic heterocycles. The minimum atomic E-state index is -3.94. The molecule has 0 aliphatic carbocycles. The summed E-state index contributed by atoms with van der Waals surface area (Å²) in [5.74, 6) is 0. The summed E-state index contributed by atoms with van der Waals surface area (Å²) < 4.78 is 51.4. The van der Waals surface area contributed by atoms with Gasteiger partial charge in [0.25, 0.3) is 0 Å². The molecule has 0 N–H and O–H groups in total. The van der Waals surface area contributed by atoms with Crippen molar-refractivity contribution in [1.29, 1.82) is 0 Å². The standard InChI is InChI=1S/Al.2AsO3.Ga/c;2*2-1(3)4;/q+3;2*-3;+3. The molecule has 0 amide bonds. The van der Waals surface area contributed by atoms with E-state index in [1.165, 1.54) is 0 Å². The molecule has 10 heavy (non-hydrogen) atoms. The van der Waals surface area contributed by atoms with Crippen molar-refractivity contribution in [2.24, 2.45) is 0 Å². The van der Waals surface area contributed by atoms with Crippen LogP contribution in [0.4, 0.5) is 0 Å². The van der Waals surface area contributed by atoms with Gasteiger partial charge in [-0.25, -0.2) is 0 Å². The average Bonchev–Trinajstić information content (AvgIpc) is 1.25. The van der Waals surface area contributed by atoms with Gasteiger partial charge in [-0.3, -0.25) is 0 Å². The zero-order valence-corrected chi connectivity index (χ0v) is 11.8. The van der Waals surface area contributed by atoms with Gasteiger partial charge in [-0.15, -0.1) is 0 Å². The summed E-state index contributed by atoms with van der Waals surface area (Å²) in [5.41, 5.74) is 0. The van der Waals surface area contributed by atoms with E-state index in [1.54, 1.807) is 0 Å². The van der Waals surface area contributed by atoms with E-state index < -0.39 is 31.4 Å². The Morgan fingerprint density at radius 2 is 0.600 bits per heavy atom. The molecule has 0 bridgehead atoms. The summed E-state index contributed by atoms with van der Waals surface area (Å²) >= 11 is -7.88. The molecule has 0 aromatic carbocycles. The molecule has 0 unspecified atom stereocenters. The first-order chi connectivity index (χ1) is 3.46. The van der Waals surface area contributed by atoms with E-state index in [1.807, 2.05) is 0 Å². The molecule has 0 saturated carbocycles. The second-order valence-corrected chi connectivity index (χ2v) is 2.32. The molecule has 6 nitrogen and oxygen atoms in total. The van der Waals surface area contributed by atoms with Crippen LogP contribution in [0.5, 0.6) is 0 Å². The molecular formula is AlAs2GaO6. The molecule has 0 spiro atoms. The van der Waals surface area contributed by atoms with Crippen molar-refractivity contribution in [3.63, 3.8) is 0 Å². The Hall–Kier alpha value is 2.05. The first-order valence-electron chi connectivity index (χ1n) is 1.10. The molecule has 0 heterocycles. The van der Waals surface area contributed by atoms with Crippen molar-refractivity contribution in [3.05, 3.63) is 0 Å². The molecule has 0 aliphatic rings. The third-order valence-corrected chi connectivity index (χ3v) is 0. The van der Waals surface area contributed by atoms with Crippen LogP contribution in [-0.2, 0) is 0 Å². The van der Waals surface area contributed by atoms with Crippen LogP contribution in [-0.4, -0.2) is 68.5 Å². The van der Waals surface area contributed by atoms with Crippen LogP contribution < -0.4 is 24.6 Å². The van der Waals surface area contributed by atoms with Crippen LogP contribution in [0.25, 0.3) is 0 Å². The molecule has 0 saturated heterocycles. The molecule has 52 valence electrons. The van der Waals surface area contributed by atoms with Gasteiger partial charge in [0, 0.05) is 0 Å². The summed E-state index contributed by atoms with van der Waals surface area (Å²) in [6.45, 7) is 0. The molecule has 0 aliphatic heterocycles. The molecular weight excluding hydrogens is 343 g/mol. The monoisotopic (exact) mass is 342 g/mol. The van der Waals surface area contributed by atoms with Gasteiger partial charge in [0.1, 0.15) is 0 Å². The Morgan fingerprint density at radius 1 is 0.600 bits per heavy atom. The summed E-state index contributed by atoms with van der Waals surface area (Å²) in [6, 6.07) is 0. The third-order valence-electron chi connectivity index (χ3n) is 0. The van der Waals surface area contributed by atoms with E-state index in [9.17, 15) is 0 Å². The van der Waals surface area contributed by atoms with Crippen molar-refractivity contribution in [2.45, 2.75) is 0 Å². The van der Waals surface area contributed by atoms with E-state index >= 15 is 0 Å². The molecule has 0 radical (unpaired) electrons. The van der Waals surface area contributed by atoms with Gasteiger partial charge >= 0.3 is 93.1 Å². The van der Waals surface area contributed by atoms with Gasteiger partial charge in [-0.05, 0) is 0 Å². The Balaban J connectivity index is -0.0000000300.